The van der Waals surface area contributed by atoms with E-state index in [4.69, 9.17) is 0 Å². The van der Waals surface area contributed by atoms with Crippen molar-refractivity contribution in [2.75, 3.05) is 13.1 Å². The fourth-order valence-electron chi connectivity index (χ4n) is 5.42. The van der Waals surface area contributed by atoms with Crippen molar-refractivity contribution in [3.05, 3.63) is 101 Å². The van der Waals surface area contributed by atoms with Crippen molar-refractivity contribution in [2.45, 2.75) is 23.8 Å². The van der Waals surface area contributed by atoms with Gasteiger partial charge in [-0.25, -0.2) is 8.42 Å². The summed E-state index contributed by atoms with van der Waals surface area (Å²) in [5, 5.41) is 2.25. The largest absolute Gasteiger partial charge is 0.311 e. The Bertz CT molecular complexity index is 1530. The predicted molar refractivity (Wildman–Crippen MR) is 130 cm³/mol. The van der Waals surface area contributed by atoms with Crippen LogP contribution in [0.1, 0.15) is 18.0 Å². The normalized spacial score (nSPS) is 20.5. The second kappa shape index (κ2) is 7.68. The number of hydrogen-bond donors (Lipinski definition) is 0. The van der Waals surface area contributed by atoms with Gasteiger partial charge >= 0.3 is 0 Å². The first-order chi connectivity index (χ1) is 16.0. The zero-order chi connectivity index (χ0) is 22.6. The molecule has 4 aromatic rings. The number of benzene rings is 3. The molecule has 0 N–H and O–H groups in total. The van der Waals surface area contributed by atoms with Crippen molar-refractivity contribution in [3.8, 4) is 11.1 Å². The Labute approximate surface area is 193 Å². The van der Waals surface area contributed by atoms with E-state index in [-0.39, 0.29) is 17.4 Å². The van der Waals surface area contributed by atoms with Gasteiger partial charge in [-0.2, -0.15) is 4.31 Å². The molecule has 0 unspecified atom stereocenters. The SMILES string of the molecule is O=c1c(-c2ccc3ccccc3c2)ccc2n1C[C@@H]1C[C@@H]2CN(S(=O)(=O)c2ccccc2)C1. The van der Waals surface area contributed by atoms with Gasteiger partial charge in [0.2, 0.25) is 10.0 Å². The molecule has 3 heterocycles. The van der Waals surface area contributed by atoms with Gasteiger partial charge in [0, 0.05) is 36.8 Å². The Hall–Kier alpha value is -3.22. The highest BCUT2D eigenvalue weighted by Gasteiger charge is 2.39. The molecule has 6 heteroatoms. The van der Waals surface area contributed by atoms with Gasteiger partial charge in [0.05, 0.1) is 4.90 Å². The summed E-state index contributed by atoms with van der Waals surface area (Å²) in [5.74, 6) is 0.147. The predicted octanol–water partition coefficient (Wildman–Crippen LogP) is 4.48. The van der Waals surface area contributed by atoms with E-state index in [2.05, 4.69) is 24.3 Å². The topological polar surface area (TPSA) is 59.4 Å². The van der Waals surface area contributed by atoms with Crippen LogP contribution in [-0.2, 0) is 16.6 Å². The first kappa shape index (κ1) is 20.4. The van der Waals surface area contributed by atoms with Gasteiger partial charge in [0.15, 0.2) is 0 Å². The average molecular weight is 457 g/mol. The molecule has 5 nitrogen and oxygen atoms in total. The number of rotatable bonds is 3. The molecular weight excluding hydrogens is 432 g/mol. The summed E-state index contributed by atoms with van der Waals surface area (Å²) < 4.78 is 29.9. The van der Waals surface area contributed by atoms with Crippen LogP contribution in [0, 0.1) is 5.92 Å². The molecule has 2 aliphatic rings. The van der Waals surface area contributed by atoms with E-state index in [1.807, 2.05) is 41.0 Å². The average Bonchev–Trinajstić information content (AvgIpc) is 2.85. The maximum atomic E-state index is 13.5. The first-order valence-electron chi connectivity index (χ1n) is 11.3. The monoisotopic (exact) mass is 456 g/mol. The molecule has 0 aliphatic carbocycles. The molecule has 33 heavy (non-hydrogen) atoms. The number of sulfonamides is 1. The summed E-state index contributed by atoms with van der Waals surface area (Å²) in [7, 11) is -3.54. The molecule has 0 saturated carbocycles. The third-order valence-electron chi connectivity index (χ3n) is 7.01. The van der Waals surface area contributed by atoms with Crippen LogP contribution in [0.15, 0.2) is 94.6 Å². The molecule has 0 spiro atoms. The minimum Gasteiger partial charge on any atom is -0.311 e. The molecule has 1 saturated heterocycles. The molecule has 1 fully saturated rings. The van der Waals surface area contributed by atoms with E-state index in [1.54, 1.807) is 28.6 Å². The highest BCUT2D eigenvalue weighted by atomic mass is 32.2. The van der Waals surface area contributed by atoms with Crippen LogP contribution in [-0.4, -0.2) is 30.4 Å². The minimum absolute atomic E-state index is 0.0110. The van der Waals surface area contributed by atoms with Crippen molar-refractivity contribution in [1.29, 1.82) is 0 Å². The highest BCUT2D eigenvalue weighted by molar-refractivity contribution is 7.89. The summed E-state index contributed by atoms with van der Waals surface area (Å²) in [6, 6.07) is 26.8. The molecule has 2 bridgehead atoms. The van der Waals surface area contributed by atoms with Gasteiger partial charge < -0.3 is 4.57 Å². The summed E-state index contributed by atoms with van der Waals surface area (Å²) in [6.45, 7) is 1.40. The zero-order valence-corrected chi connectivity index (χ0v) is 18.9. The number of aromatic nitrogens is 1. The van der Waals surface area contributed by atoms with Gasteiger partial charge in [0.25, 0.3) is 5.56 Å². The lowest BCUT2D eigenvalue weighted by atomic mass is 9.84. The smallest absolute Gasteiger partial charge is 0.258 e. The lowest BCUT2D eigenvalue weighted by Crippen LogP contribution is -2.49. The third kappa shape index (κ3) is 3.41. The molecule has 166 valence electrons. The molecule has 6 rings (SSSR count). The highest BCUT2D eigenvalue weighted by Crippen LogP contribution is 2.38. The Morgan fingerprint density at radius 3 is 2.33 bits per heavy atom. The Kier molecular flexibility index (Phi) is 4.75. The van der Waals surface area contributed by atoms with E-state index in [1.165, 1.54) is 0 Å². The van der Waals surface area contributed by atoms with E-state index < -0.39 is 10.0 Å². The Balaban J connectivity index is 1.36. The molecule has 1 aromatic heterocycles. The third-order valence-corrected chi connectivity index (χ3v) is 8.86. The summed E-state index contributed by atoms with van der Waals surface area (Å²) >= 11 is 0. The molecule has 0 radical (unpaired) electrons. The first-order valence-corrected chi connectivity index (χ1v) is 12.7. The summed E-state index contributed by atoms with van der Waals surface area (Å²) in [4.78, 5) is 13.8. The number of piperidine rings is 1. The van der Waals surface area contributed by atoms with Crippen molar-refractivity contribution < 1.29 is 8.42 Å². The van der Waals surface area contributed by atoms with E-state index >= 15 is 0 Å². The quantitative estimate of drug-likeness (QED) is 0.457. The number of hydrogen-bond acceptors (Lipinski definition) is 3. The zero-order valence-electron chi connectivity index (χ0n) is 18.1. The number of pyridine rings is 1. The second-order valence-electron chi connectivity index (χ2n) is 9.08. The van der Waals surface area contributed by atoms with Crippen LogP contribution in [0.3, 0.4) is 0 Å². The van der Waals surface area contributed by atoms with Crippen molar-refractivity contribution in [3.63, 3.8) is 0 Å². The summed E-state index contributed by atoms with van der Waals surface area (Å²) in [5.41, 5.74) is 2.56. The van der Waals surface area contributed by atoms with Gasteiger partial charge in [-0.05, 0) is 59.0 Å². The van der Waals surface area contributed by atoms with Crippen LogP contribution in [0.25, 0.3) is 21.9 Å². The standard InChI is InChI=1S/C27H24N2O3S/c30-27-25(22-11-10-20-6-4-5-7-21(20)15-22)12-13-26-23-14-19(17-29(26)27)16-28(18-23)33(31,32)24-8-2-1-3-9-24/h1-13,15,19,23H,14,16-18H2/t19-,23-/m1/s1. The lowest BCUT2D eigenvalue weighted by Gasteiger charge is -2.42. The molecular formula is C27H24N2O3S. The Morgan fingerprint density at radius 1 is 0.758 bits per heavy atom. The maximum Gasteiger partial charge on any atom is 0.258 e. The Morgan fingerprint density at radius 2 is 1.52 bits per heavy atom. The van der Waals surface area contributed by atoms with Crippen molar-refractivity contribution in [1.82, 2.24) is 8.87 Å². The van der Waals surface area contributed by atoms with E-state index in [0.29, 0.717) is 30.1 Å². The van der Waals surface area contributed by atoms with Crippen LogP contribution < -0.4 is 5.56 Å². The van der Waals surface area contributed by atoms with Crippen LogP contribution >= 0.6 is 0 Å². The molecule has 2 atom stereocenters. The van der Waals surface area contributed by atoms with Gasteiger partial charge in [-0.15, -0.1) is 0 Å². The van der Waals surface area contributed by atoms with Crippen LogP contribution in [0.5, 0.6) is 0 Å². The minimum atomic E-state index is -3.54. The molecule has 2 aliphatic heterocycles. The summed E-state index contributed by atoms with van der Waals surface area (Å²) in [6.07, 6.45) is 0.912. The van der Waals surface area contributed by atoms with Gasteiger partial charge in [-0.3, -0.25) is 4.79 Å². The van der Waals surface area contributed by atoms with Crippen LogP contribution in [0.4, 0.5) is 0 Å². The lowest BCUT2D eigenvalue weighted by molar-refractivity contribution is 0.186. The van der Waals surface area contributed by atoms with Crippen molar-refractivity contribution >= 4 is 20.8 Å². The van der Waals surface area contributed by atoms with Gasteiger partial charge in [0.1, 0.15) is 0 Å². The number of nitrogens with zero attached hydrogens (tertiary/aromatic N) is 2. The van der Waals surface area contributed by atoms with E-state index in [0.717, 1.165) is 28.5 Å². The van der Waals surface area contributed by atoms with Gasteiger partial charge in [-0.1, -0.05) is 54.6 Å². The maximum absolute atomic E-state index is 13.5. The molecule has 0 amide bonds. The second-order valence-corrected chi connectivity index (χ2v) is 11.0. The van der Waals surface area contributed by atoms with E-state index in [9.17, 15) is 13.2 Å². The van der Waals surface area contributed by atoms with Crippen molar-refractivity contribution in [2.24, 2.45) is 5.92 Å². The van der Waals surface area contributed by atoms with Crippen LogP contribution in [0.2, 0.25) is 0 Å². The molecule has 3 aromatic carbocycles. The fraction of sp³-hybridized carbons (Fsp3) is 0.222. The number of fused-ring (bicyclic) bond motifs is 5. The fourth-order valence-corrected chi connectivity index (χ4v) is 7.00.